The number of benzene rings is 1. The fraction of sp³-hybridized carbons (Fsp3) is 0.100. The smallest absolute Gasteiger partial charge is 0.302 e. The Bertz CT molecular complexity index is 571. The number of halogens is 5. The lowest BCUT2D eigenvalue weighted by molar-refractivity contribution is 0.515. The second-order valence-corrected chi connectivity index (χ2v) is 7.05. The summed E-state index contributed by atoms with van der Waals surface area (Å²) in [5, 5.41) is 0.254. The van der Waals surface area contributed by atoms with Gasteiger partial charge in [-0.1, -0.05) is 39.1 Å². The van der Waals surface area contributed by atoms with Gasteiger partial charge in [0.25, 0.3) is 0 Å². The molecule has 0 radical (unpaired) electrons. The Kier molecular flexibility index (Phi) is 4.21. The maximum atomic E-state index is 13.7. The summed E-state index contributed by atoms with van der Waals surface area (Å²) in [7, 11) is 0. The summed E-state index contributed by atoms with van der Waals surface area (Å²) in [5.41, 5.74) is 0.297. The molecule has 0 spiro atoms. The molecule has 2 rings (SSSR count). The fourth-order valence-corrected chi connectivity index (χ4v) is 2.61. The lowest BCUT2D eigenvalue weighted by Crippen LogP contribution is -1.96. The molecule has 0 saturated heterocycles. The molecule has 1 aromatic heterocycles. The van der Waals surface area contributed by atoms with Gasteiger partial charge in [-0.25, -0.2) is 9.37 Å². The number of nitrogens with zero attached hydrogens (tertiary/aromatic N) is 2. The standard InChI is InChI=1S/C10H5BrCl2F2N2S/c11-6-1-2-8(7(14)3-6)17-4-9(16-5-17)18-10(12,13)15/h1-5H. The molecule has 2 nitrogen and oxygen atoms in total. The minimum Gasteiger partial charge on any atom is -0.302 e. The van der Waals surface area contributed by atoms with Crippen LogP contribution >= 0.6 is 50.9 Å². The summed E-state index contributed by atoms with van der Waals surface area (Å²) in [6, 6.07) is 4.58. The van der Waals surface area contributed by atoms with Gasteiger partial charge in [0.15, 0.2) is 0 Å². The molecule has 0 amide bonds. The van der Waals surface area contributed by atoms with Crippen molar-refractivity contribution < 1.29 is 8.78 Å². The van der Waals surface area contributed by atoms with Gasteiger partial charge >= 0.3 is 3.92 Å². The van der Waals surface area contributed by atoms with Crippen LogP contribution in [0.4, 0.5) is 8.78 Å². The molecule has 0 atom stereocenters. The van der Waals surface area contributed by atoms with Crippen LogP contribution in [0.15, 0.2) is 40.2 Å². The predicted molar refractivity (Wildman–Crippen MR) is 72.6 cm³/mol. The summed E-state index contributed by atoms with van der Waals surface area (Å²) in [6.45, 7) is 0. The van der Waals surface area contributed by atoms with E-state index in [4.69, 9.17) is 23.2 Å². The quantitative estimate of drug-likeness (QED) is 0.561. The normalized spacial score (nSPS) is 11.8. The molecule has 96 valence electrons. The third-order valence-electron chi connectivity index (χ3n) is 1.97. The van der Waals surface area contributed by atoms with Crippen molar-refractivity contribution in [3.8, 4) is 5.69 Å². The van der Waals surface area contributed by atoms with Crippen LogP contribution < -0.4 is 0 Å². The van der Waals surface area contributed by atoms with Gasteiger partial charge in [-0.15, -0.1) is 0 Å². The largest absolute Gasteiger partial charge is 0.310 e. The zero-order valence-electron chi connectivity index (χ0n) is 8.58. The van der Waals surface area contributed by atoms with E-state index in [1.165, 1.54) is 23.2 Å². The molecule has 0 unspecified atom stereocenters. The third kappa shape index (κ3) is 3.60. The molecule has 0 N–H and O–H groups in total. The molecule has 0 aliphatic rings. The minimum atomic E-state index is -2.46. The van der Waals surface area contributed by atoms with Crippen LogP contribution in [0.1, 0.15) is 0 Å². The SMILES string of the molecule is Fc1cc(Br)ccc1-n1cnc(SC(F)(Cl)Cl)c1. The van der Waals surface area contributed by atoms with E-state index in [1.54, 1.807) is 12.1 Å². The lowest BCUT2D eigenvalue weighted by atomic mass is 10.3. The highest BCUT2D eigenvalue weighted by Crippen LogP contribution is 2.40. The van der Waals surface area contributed by atoms with E-state index < -0.39 is 9.74 Å². The van der Waals surface area contributed by atoms with Crippen molar-refractivity contribution in [1.82, 2.24) is 9.55 Å². The van der Waals surface area contributed by atoms with E-state index in [1.807, 2.05) is 0 Å². The zero-order chi connectivity index (χ0) is 13.3. The maximum absolute atomic E-state index is 13.7. The van der Waals surface area contributed by atoms with Crippen molar-refractivity contribution >= 4 is 50.9 Å². The molecule has 1 heterocycles. The van der Waals surface area contributed by atoms with Gasteiger partial charge in [-0.05, 0) is 30.0 Å². The van der Waals surface area contributed by atoms with Gasteiger partial charge in [-0.2, -0.15) is 4.39 Å². The van der Waals surface area contributed by atoms with Gasteiger partial charge in [-0.3, -0.25) is 0 Å². The number of thioether (sulfide) groups is 1. The van der Waals surface area contributed by atoms with Crippen LogP contribution in [0.3, 0.4) is 0 Å². The Balaban J connectivity index is 2.29. The number of aromatic nitrogens is 2. The first-order valence-electron chi connectivity index (χ1n) is 4.60. The molecule has 0 aliphatic heterocycles. The number of imidazole rings is 1. The molecule has 0 bridgehead atoms. The lowest BCUT2D eigenvalue weighted by Gasteiger charge is -2.05. The Morgan fingerprint density at radius 2 is 2.11 bits per heavy atom. The highest BCUT2D eigenvalue weighted by atomic mass is 79.9. The summed E-state index contributed by atoms with van der Waals surface area (Å²) in [5.74, 6) is -0.429. The van der Waals surface area contributed by atoms with E-state index in [9.17, 15) is 8.78 Å². The van der Waals surface area contributed by atoms with E-state index >= 15 is 0 Å². The summed E-state index contributed by atoms with van der Waals surface area (Å²) in [4.78, 5) is 3.88. The predicted octanol–water partition coefficient (Wildman–Crippen LogP) is 4.92. The van der Waals surface area contributed by atoms with E-state index in [2.05, 4.69) is 20.9 Å². The van der Waals surface area contributed by atoms with E-state index in [0.717, 1.165) is 0 Å². The molecule has 0 fully saturated rings. The van der Waals surface area contributed by atoms with Gasteiger partial charge in [0.2, 0.25) is 0 Å². The van der Waals surface area contributed by atoms with Crippen LogP contribution in [-0.4, -0.2) is 13.5 Å². The van der Waals surface area contributed by atoms with Crippen LogP contribution in [0.5, 0.6) is 0 Å². The molecular weight excluding hydrogens is 369 g/mol. The number of hydrogen-bond acceptors (Lipinski definition) is 2. The van der Waals surface area contributed by atoms with Crippen LogP contribution in [0.25, 0.3) is 5.69 Å². The Labute approximate surface area is 124 Å². The van der Waals surface area contributed by atoms with Gasteiger partial charge < -0.3 is 4.57 Å². The minimum absolute atomic E-state index is 0.254. The molecule has 0 aliphatic carbocycles. The number of hydrogen-bond donors (Lipinski definition) is 0. The Morgan fingerprint density at radius 1 is 1.39 bits per heavy atom. The first-order valence-corrected chi connectivity index (χ1v) is 6.97. The molecule has 18 heavy (non-hydrogen) atoms. The van der Waals surface area contributed by atoms with Gasteiger partial charge in [0.05, 0.1) is 5.69 Å². The van der Waals surface area contributed by atoms with Crippen molar-refractivity contribution in [2.45, 2.75) is 8.95 Å². The van der Waals surface area contributed by atoms with Crippen LogP contribution in [0.2, 0.25) is 0 Å². The van der Waals surface area contributed by atoms with Gasteiger partial charge in [0, 0.05) is 10.7 Å². The van der Waals surface area contributed by atoms with E-state index in [0.29, 0.717) is 21.9 Å². The summed E-state index contributed by atoms with van der Waals surface area (Å²) in [6.07, 6.45) is 2.80. The van der Waals surface area contributed by atoms with Crippen molar-refractivity contribution in [3.63, 3.8) is 0 Å². The maximum Gasteiger partial charge on any atom is 0.310 e. The van der Waals surface area contributed by atoms with Crippen LogP contribution in [-0.2, 0) is 0 Å². The van der Waals surface area contributed by atoms with E-state index in [-0.39, 0.29) is 5.03 Å². The van der Waals surface area contributed by atoms with Gasteiger partial charge in [0.1, 0.15) is 17.2 Å². The highest BCUT2D eigenvalue weighted by molar-refractivity contribution is 9.10. The summed E-state index contributed by atoms with van der Waals surface area (Å²) < 4.78 is 26.2. The fourth-order valence-electron chi connectivity index (χ4n) is 1.30. The highest BCUT2D eigenvalue weighted by Gasteiger charge is 2.25. The topological polar surface area (TPSA) is 17.8 Å². The molecule has 8 heteroatoms. The first kappa shape index (κ1) is 14.1. The molecule has 0 saturated carbocycles. The average Bonchev–Trinajstić information content (AvgIpc) is 2.63. The van der Waals surface area contributed by atoms with Crippen molar-refractivity contribution in [3.05, 3.63) is 41.0 Å². The number of alkyl halides is 3. The molecule has 2 aromatic rings. The molecular formula is C10H5BrCl2F2N2S. The third-order valence-corrected chi connectivity index (χ3v) is 3.57. The average molecular weight is 374 g/mol. The van der Waals surface area contributed by atoms with Crippen LogP contribution in [0, 0.1) is 5.82 Å². The zero-order valence-corrected chi connectivity index (χ0v) is 12.5. The number of rotatable bonds is 3. The first-order chi connectivity index (χ1) is 8.35. The molecule has 1 aromatic carbocycles. The van der Waals surface area contributed by atoms with Crippen molar-refractivity contribution in [1.29, 1.82) is 0 Å². The second kappa shape index (κ2) is 5.36. The Morgan fingerprint density at radius 3 is 2.72 bits per heavy atom. The van der Waals surface area contributed by atoms with Crippen molar-refractivity contribution in [2.75, 3.05) is 0 Å². The second-order valence-electron chi connectivity index (χ2n) is 3.26. The van der Waals surface area contributed by atoms with Crippen molar-refractivity contribution in [2.24, 2.45) is 0 Å². The summed E-state index contributed by atoms with van der Waals surface area (Å²) >= 11 is 14.1. The Hall–Kier alpha value is -0.300. The monoisotopic (exact) mass is 372 g/mol.